The van der Waals surface area contributed by atoms with Gasteiger partial charge in [0.15, 0.2) is 0 Å². The highest BCUT2D eigenvalue weighted by Gasteiger charge is 2.35. The van der Waals surface area contributed by atoms with Gasteiger partial charge in [0.2, 0.25) is 5.91 Å². The minimum atomic E-state index is 0.0441. The van der Waals surface area contributed by atoms with E-state index in [1.807, 2.05) is 12.1 Å². The summed E-state index contributed by atoms with van der Waals surface area (Å²) in [6.07, 6.45) is 3.83. The molecule has 0 unspecified atom stereocenters. The highest BCUT2D eigenvalue weighted by atomic mass is 16.5. The normalized spacial score (nSPS) is 27.0. The first-order valence-corrected chi connectivity index (χ1v) is 7.91. The summed E-state index contributed by atoms with van der Waals surface area (Å²) in [4.78, 5) is 21.1. The van der Waals surface area contributed by atoms with Crippen LogP contribution in [0.15, 0.2) is 24.5 Å². The molecule has 6 nitrogen and oxygen atoms in total. The van der Waals surface area contributed by atoms with Gasteiger partial charge in [0.05, 0.1) is 31.7 Å². The molecule has 2 aliphatic heterocycles. The lowest BCUT2D eigenvalue weighted by molar-refractivity contribution is -0.121. The summed E-state index contributed by atoms with van der Waals surface area (Å²) in [7, 11) is 2.15. The summed E-state index contributed by atoms with van der Waals surface area (Å²) in [5, 5.41) is 3.14. The van der Waals surface area contributed by atoms with Crippen molar-refractivity contribution in [1.82, 2.24) is 20.1 Å². The molecule has 2 saturated heterocycles. The number of carbonyl (C=O) groups is 1. The summed E-state index contributed by atoms with van der Waals surface area (Å²) in [5.41, 5.74) is 0.940. The van der Waals surface area contributed by atoms with Crippen molar-refractivity contribution in [3.8, 4) is 0 Å². The molecule has 2 fully saturated rings. The van der Waals surface area contributed by atoms with Gasteiger partial charge in [-0.15, -0.1) is 0 Å². The van der Waals surface area contributed by atoms with E-state index in [4.69, 9.17) is 4.74 Å². The summed E-state index contributed by atoms with van der Waals surface area (Å²) < 4.78 is 5.62. The Hall–Kier alpha value is -1.50. The number of hydrogen-bond donors (Lipinski definition) is 1. The van der Waals surface area contributed by atoms with Crippen molar-refractivity contribution >= 4 is 5.91 Å². The van der Waals surface area contributed by atoms with Gasteiger partial charge in [-0.1, -0.05) is 6.07 Å². The number of carbonyl (C=O) groups excluding carboxylic acids is 1. The molecule has 22 heavy (non-hydrogen) atoms. The summed E-state index contributed by atoms with van der Waals surface area (Å²) in [6, 6.07) is 4.17. The van der Waals surface area contributed by atoms with E-state index < -0.39 is 0 Å². The largest absolute Gasteiger partial charge is 0.378 e. The quantitative estimate of drug-likeness (QED) is 0.832. The maximum Gasteiger partial charge on any atom is 0.224 e. The Bertz CT molecular complexity index is 488. The molecular formula is C16H24N4O2. The minimum absolute atomic E-state index is 0.0441. The first-order chi connectivity index (χ1) is 10.7. The fraction of sp³-hybridized carbons (Fsp3) is 0.625. The number of nitrogens with zero attached hydrogens (tertiary/aromatic N) is 3. The third-order valence-corrected chi connectivity index (χ3v) is 4.49. The van der Waals surface area contributed by atoms with Crippen LogP contribution in [0, 0.1) is 0 Å². The Kier molecular flexibility index (Phi) is 5.02. The number of ether oxygens (including phenoxy) is 1. The Morgan fingerprint density at radius 3 is 2.91 bits per heavy atom. The highest BCUT2D eigenvalue weighted by molar-refractivity contribution is 5.78. The molecule has 1 aromatic rings. The molecule has 0 bridgehead atoms. The number of nitrogens with one attached hydrogen (secondary N) is 1. The van der Waals surface area contributed by atoms with Crippen LogP contribution < -0.4 is 5.32 Å². The van der Waals surface area contributed by atoms with Crippen molar-refractivity contribution in [2.24, 2.45) is 0 Å². The molecular weight excluding hydrogens is 280 g/mol. The van der Waals surface area contributed by atoms with Crippen LogP contribution in [0.5, 0.6) is 0 Å². The monoisotopic (exact) mass is 304 g/mol. The van der Waals surface area contributed by atoms with Gasteiger partial charge < -0.3 is 15.0 Å². The summed E-state index contributed by atoms with van der Waals surface area (Å²) in [5.74, 6) is 0.0441. The molecule has 0 radical (unpaired) electrons. The van der Waals surface area contributed by atoms with Crippen molar-refractivity contribution in [2.45, 2.75) is 18.5 Å². The number of aromatic nitrogens is 1. The van der Waals surface area contributed by atoms with E-state index in [1.165, 1.54) is 0 Å². The molecule has 3 heterocycles. The lowest BCUT2D eigenvalue weighted by Crippen LogP contribution is -2.56. The smallest absolute Gasteiger partial charge is 0.224 e. The maximum absolute atomic E-state index is 12.2. The number of amides is 1. The van der Waals surface area contributed by atoms with Gasteiger partial charge in [0, 0.05) is 38.6 Å². The van der Waals surface area contributed by atoms with Gasteiger partial charge in [-0.05, 0) is 18.7 Å². The fourth-order valence-electron chi connectivity index (χ4n) is 3.14. The Morgan fingerprint density at radius 1 is 1.36 bits per heavy atom. The first kappa shape index (κ1) is 15.4. The standard InChI is InChI=1S/C16H24N4O2/c1-19-5-7-20(8-6-19)15-12-22-11-14(15)18-16(21)9-13-3-2-4-17-10-13/h2-4,10,14-15H,5-9,11-12H2,1H3,(H,18,21)/t14-,15-/m0/s1. The van der Waals surface area contributed by atoms with Crippen LogP contribution in [0.25, 0.3) is 0 Å². The number of hydrogen-bond acceptors (Lipinski definition) is 5. The second-order valence-corrected chi connectivity index (χ2v) is 6.16. The molecule has 2 atom stereocenters. The average Bonchev–Trinajstić information content (AvgIpc) is 2.97. The van der Waals surface area contributed by atoms with Gasteiger partial charge >= 0.3 is 0 Å². The van der Waals surface area contributed by atoms with Crippen molar-refractivity contribution in [1.29, 1.82) is 0 Å². The van der Waals surface area contributed by atoms with E-state index in [9.17, 15) is 4.79 Å². The Balaban J connectivity index is 1.53. The van der Waals surface area contributed by atoms with Crippen LogP contribution in [-0.2, 0) is 16.0 Å². The van der Waals surface area contributed by atoms with Crippen LogP contribution in [0.3, 0.4) is 0 Å². The number of rotatable bonds is 4. The average molecular weight is 304 g/mol. The number of likely N-dealkylation sites (N-methyl/N-ethyl adjacent to an activating group) is 1. The summed E-state index contributed by atoms with van der Waals surface area (Å²) >= 11 is 0. The van der Waals surface area contributed by atoms with E-state index in [-0.39, 0.29) is 11.9 Å². The van der Waals surface area contributed by atoms with E-state index >= 15 is 0 Å². The van der Waals surface area contributed by atoms with Crippen molar-refractivity contribution in [3.63, 3.8) is 0 Å². The predicted octanol–water partition coefficient (Wildman–Crippen LogP) is -0.245. The third-order valence-electron chi connectivity index (χ3n) is 4.49. The SMILES string of the molecule is CN1CCN([C@H]2COC[C@@H]2NC(=O)Cc2cccnc2)CC1. The van der Waals surface area contributed by atoms with E-state index in [1.54, 1.807) is 12.4 Å². The lowest BCUT2D eigenvalue weighted by Gasteiger charge is -2.38. The first-order valence-electron chi connectivity index (χ1n) is 7.91. The molecule has 1 N–H and O–H groups in total. The van der Waals surface area contributed by atoms with Crippen LogP contribution in [0.1, 0.15) is 5.56 Å². The Morgan fingerprint density at radius 2 is 2.18 bits per heavy atom. The van der Waals surface area contributed by atoms with Crippen LogP contribution in [-0.4, -0.2) is 79.2 Å². The number of pyridine rings is 1. The summed E-state index contributed by atoms with van der Waals surface area (Å²) in [6.45, 7) is 5.55. The maximum atomic E-state index is 12.2. The minimum Gasteiger partial charge on any atom is -0.378 e. The Labute approximate surface area is 131 Å². The lowest BCUT2D eigenvalue weighted by atomic mass is 10.1. The molecule has 0 aliphatic carbocycles. The molecule has 120 valence electrons. The number of piperazine rings is 1. The van der Waals surface area contributed by atoms with Crippen molar-refractivity contribution < 1.29 is 9.53 Å². The second kappa shape index (κ2) is 7.17. The van der Waals surface area contributed by atoms with Crippen LogP contribution >= 0.6 is 0 Å². The molecule has 0 saturated carbocycles. The van der Waals surface area contributed by atoms with Crippen molar-refractivity contribution in [3.05, 3.63) is 30.1 Å². The molecule has 1 amide bonds. The van der Waals surface area contributed by atoms with Crippen molar-refractivity contribution in [2.75, 3.05) is 46.4 Å². The van der Waals surface area contributed by atoms with Gasteiger partial charge in [-0.2, -0.15) is 0 Å². The predicted molar refractivity (Wildman–Crippen MR) is 83.5 cm³/mol. The zero-order valence-electron chi connectivity index (χ0n) is 13.1. The fourth-order valence-corrected chi connectivity index (χ4v) is 3.14. The van der Waals surface area contributed by atoms with E-state index in [2.05, 4.69) is 27.1 Å². The van der Waals surface area contributed by atoms with Gasteiger partial charge in [0.1, 0.15) is 0 Å². The van der Waals surface area contributed by atoms with Gasteiger partial charge in [0.25, 0.3) is 0 Å². The molecule has 2 aliphatic rings. The van der Waals surface area contributed by atoms with Gasteiger partial charge in [-0.3, -0.25) is 14.7 Å². The zero-order chi connectivity index (χ0) is 15.4. The molecule has 1 aromatic heterocycles. The van der Waals surface area contributed by atoms with Crippen LogP contribution in [0.2, 0.25) is 0 Å². The molecule has 0 aromatic carbocycles. The zero-order valence-corrected chi connectivity index (χ0v) is 13.1. The second-order valence-electron chi connectivity index (χ2n) is 6.16. The molecule has 3 rings (SSSR count). The highest BCUT2D eigenvalue weighted by Crippen LogP contribution is 2.15. The molecule has 0 spiro atoms. The van der Waals surface area contributed by atoms with E-state index in [0.717, 1.165) is 31.7 Å². The molecule has 6 heteroatoms. The van der Waals surface area contributed by atoms with E-state index in [0.29, 0.717) is 25.7 Å². The topological polar surface area (TPSA) is 57.7 Å². The van der Waals surface area contributed by atoms with Crippen LogP contribution in [0.4, 0.5) is 0 Å². The third kappa shape index (κ3) is 3.82. The van der Waals surface area contributed by atoms with Gasteiger partial charge in [-0.25, -0.2) is 0 Å².